The summed E-state index contributed by atoms with van der Waals surface area (Å²) in [5.74, 6) is -0.806. The zero-order valence-electron chi connectivity index (χ0n) is 15.7. The normalized spacial score (nSPS) is 11.9. The summed E-state index contributed by atoms with van der Waals surface area (Å²) in [5.41, 5.74) is -0.0738. The smallest absolute Gasteiger partial charge is 0.340 e. The first-order valence-electron chi connectivity index (χ1n) is 8.70. The maximum atomic E-state index is 12.7. The van der Waals surface area contributed by atoms with Crippen LogP contribution in [0.2, 0.25) is 5.02 Å². The molecule has 0 saturated heterocycles. The standard InChI is InChI=1S/C18H18ClN3O5S2/c1-3-21(4-2)29(25,26)13-5-6-15(19)14(10-13)17(24)27-11-12-9-16(23)22-7-8-28-18(22)20-12/h5-10H,3-4,11H2,1-2H3. The molecule has 8 nitrogen and oxygen atoms in total. The number of hydrogen-bond donors (Lipinski definition) is 0. The summed E-state index contributed by atoms with van der Waals surface area (Å²) >= 11 is 7.36. The largest absolute Gasteiger partial charge is 0.456 e. The Balaban J connectivity index is 1.84. The number of thiazole rings is 1. The molecule has 0 bridgehead atoms. The van der Waals surface area contributed by atoms with Crippen LogP contribution in [0, 0.1) is 0 Å². The Morgan fingerprint density at radius 1 is 1.28 bits per heavy atom. The Morgan fingerprint density at radius 2 is 2.00 bits per heavy atom. The molecule has 29 heavy (non-hydrogen) atoms. The Bertz CT molecular complexity index is 1220. The molecule has 0 radical (unpaired) electrons. The second kappa shape index (κ2) is 8.62. The molecule has 3 aromatic rings. The van der Waals surface area contributed by atoms with Gasteiger partial charge in [-0.2, -0.15) is 4.31 Å². The van der Waals surface area contributed by atoms with Gasteiger partial charge in [-0.1, -0.05) is 25.4 Å². The predicted octanol–water partition coefficient (Wildman–Crippen LogP) is 2.80. The molecule has 154 valence electrons. The Labute approximate surface area is 176 Å². The van der Waals surface area contributed by atoms with Crippen LogP contribution in [0.3, 0.4) is 0 Å². The van der Waals surface area contributed by atoms with Crippen LogP contribution in [0.4, 0.5) is 0 Å². The molecule has 0 saturated carbocycles. The number of sulfonamides is 1. The van der Waals surface area contributed by atoms with Crippen LogP contribution in [-0.2, 0) is 21.4 Å². The molecule has 0 atom stereocenters. The summed E-state index contributed by atoms with van der Waals surface area (Å²) in [4.78, 5) is 29.2. The molecule has 0 aliphatic heterocycles. The summed E-state index contributed by atoms with van der Waals surface area (Å²) in [6, 6.07) is 5.16. The maximum absolute atomic E-state index is 12.7. The van der Waals surface area contributed by atoms with E-state index in [2.05, 4.69) is 4.98 Å². The van der Waals surface area contributed by atoms with Crippen molar-refractivity contribution < 1.29 is 17.9 Å². The van der Waals surface area contributed by atoms with Gasteiger partial charge in [0.05, 0.1) is 21.2 Å². The number of rotatable bonds is 7. The van der Waals surface area contributed by atoms with Crippen LogP contribution in [0.5, 0.6) is 0 Å². The van der Waals surface area contributed by atoms with Gasteiger partial charge in [-0.15, -0.1) is 11.3 Å². The zero-order valence-corrected chi connectivity index (χ0v) is 18.1. The van der Waals surface area contributed by atoms with Crippen molar-refractivity contribution in [3.8, 4) is 0 Å². The van der Waals surface area contributed by atoms with Crippen molar-refractivity contribution in [1.82, 2.24) is 13.7 Å². The molecular weight excluding hydrogens is 438 g/mol. The first-order valence-corrected chi connectivity index (χ1v) is 11.4. The van der Waals surface area contributed by atoms with E-state index in [0.29, 0.717) is 18.1 Å². The zero-order chi connectivity index (χ0) is 21.2. The van der Waals surface area contributed by atoms with E-state index in [0.717, 1.165) is 0 Å². The van der Waals surface area contributed by atoms with E-state index >= 15 is 0 Å². The van der Waals surface area contributed by atoms with E-state index in [4.69, 9.17) is 16.3 Å². The lowest BCUT2D eigenvalue weighted by molar-refractivity contribution is 0.0467. The third kappa shape index (κ3) is 4.35. The third-order valence-electron chi connectivity index (χ3n) is 4.21. The minimum Gasteiger partial charge on any atom is -0.456 e. The molecule has 11 heteroatoms. The van der Waals surface area contributed by atoms with Crippen molar-refractivity contribution in [2.45, 2.75) is 25.3 Å². The topological polar surface area (TPSA) is 98.0 Å². The number of benzene rings is 1. The van der Waals surface area contributed by atoms with Gasteiger partial charge in [0, 0.05) is 30.7 Å². The Hall–Kier alpha value is -2.27. The van der Waals surface area contributed by atoms with E-state index in [9.17, 15) is 18.0 Å². The molecule has 0 N–H and O–H groups in total. The van der Waals surface area contributed by atoms with E-state index in [1.165, 1.54) is 44.3 Å². The van der Waals surface area contributed by atoms with Crippen molar-refractivity contribution in [2.24, 2.45) is 0 Å². The minimum absolute atomic E-state index is 0.0473. The number of hydrogen-bond acceptors (Lipinski definition) is 7. The van der Waals surface area contributed by atoms with E-state index < -0.39 is 16.0 Å². The van der Waals surface area contributed by atoms with E-state index in [1.807, 2.05) is 0 Å². The molecular formula is C18H18ClN3O5S2. The number of nitrogens with zero attached hydrogens (tertiary/aromatic N) is 3. The highest BCUT2D eigenvalue weighted by molar-refractivity contribution is 7.89. The molecule has 0 unspecified atom stereocenters. The fourth-order valence-corrected chi connectivity index (χ4v) is 5.13. The predicted molar refractivity (Wildman–Crippen MR) is 110 cm³/mol. The molecule has 0 aliphatic rings. The minimum atomic E-state index is -3.75. The lowest BCUT2D eigenvalue weighted by atomic mass is 10.2. The van der Waals surface area contributed by atoms with Crippen LogP contribution in [0.1, 0.15) is 29.9 Å². The average molecular weight is 456 g/mol. The van der Waals surface area contributed by atoms with Gasteiger partial charge in [-0.05, 0) is 18.2 Å². The van der Waals surface area contributed by atoms with Gasteiger partial charge >= 0.3 is 5.97 Å². The maximum Gasteiger partial charge on any atom is 0.340 e. The van der Waals surface area contributed by atoms with Gasteiger partial charge in [0.2, 0.25) is 10.0 Å². The molecule has 0 aliphatic carbocycles. The van der Waals surface area contributed by atoms with Crippen LogP contribution >= 0.6 is 22.9 Å². The fourth-order valence-electron chi connectivity index (χ4n) is 2.71. The molecule has 0 spiro atoms. The van der Waals surface area contributed by atoms with Crippen LogP contribution < -0.4 is 5.56 Å². The summed E-state index contributed by atoms with van der Waals surface area (Å²) in [6.07, 6.45) is 1.60. The van der Waals surface area contributed by atoms with Crippen molar-refractivity contribution in [2.75, 3.05) is 13.1 Å². The van der Waals surface area contributed by atoms with E-state index in [1.54, 1.807) is 25.4 Å². The lowest BCUT2D eigenvalue weighted by Gasteiger charge is -2.19. The first-order chi connectivity index (χ1) is 13.8. The number of aromatic nitrogens is 2. The molecule has 2 heterocycles. The number of fused-ring (bicyclic) bond motifs is 1. The molecule has 3 rings (SSSR count). The molecule has 0 fully saturated rings. The van der Waals surface area contributed by atoms with Crippen molar-refractivity contribution in [1.29, 1.82) is 0 Å². The van der Waals surface area contributed by atoms with E-state index in [-0.39, 0.29) is 33.3 Å². The van der Waals surface area contributed by atoms with Crippen molar-refractivity contribution >= 4 is 43.9 Å². The fraction of sp³-hybridized carbons (Fsp3) is 0.278. The van der Waals surface area contributed by atoms with Crippen LogP contribution in [0.15, 0.2) is 45.5 Å². The highest BCUT2D eigenvalue weighted by Gasteiger charge is 2.24. The monoisotopic (exact) mass is 455 g/mol. The second-order valence-electron chi connectivity index (χ2n) is 5.95. The molecule has 0 amide bonds. The lowest BCUT2D eigenvalue weighted by Crippen LogP contribution is -2.30. The van der Waals surface area contributed by atoms with Gasteiger partial charge in [-0.25, -0.2) is 18.2 Å². The van der Waals surface area contributed by atoms with Crippen molar-refractivity contribution in [3.05, 3.63) is 62.5 Å². The summed E-state index contributed by atoms with van der Waals surface area (Å²) < 4.78 is 33.2. The third-order valence-corrected chi connectivity index (χ3v) is 7.34. The summed E-state index contributed by atoms with van der Waals surface area (Å²) in [5, 5.41) is 1.79. The quantitative estimate of drug-likeness (QED) is 0.508. The highest BCUT2D eigenvalue weighted by Crippen LogP contribution is 2.24. The highest BCUT2D eigenvalue weighted by atomic mass is 35.5. The number of esters is 1. The number of carbonyl (C=O) groups excluding carboxylic acids is 1. The summed E-state index contributed by atoms with van der Waals surface area (Å²) in [7, 11) is -3.75. The SMILES string of the molecule is CCN(CC)S(=O)(=O)c1ccc(Cl)c(C(=O)OCc2cc(=O)n3ccsc3n2)c1. The van der Waals surface area contributed by atoms with Gasteiger partial charge < -0.3 is 4.74 Å². The first kappa shape index (κ1) is 21.4. The number of halogens is 1. The molecule has 2 aromatic heterocycles. The summed E-state index contributed by atoms with van der Waals surface area (Å²) in [6.45, 7) is 3.81. The van der Waals surface area contributed by atoms with Gasteiger partial charge in [0.25, 0.3) is 5.56 Å². The van der Waals surface area contributed by atoms with Crippen molar-refractivity contribution in [3.63, 3.8) is 0 Å². The average Bonchev–Trinajstić information content (AvgIpc) is 3.16. The number of ether oxygens (including phenoxy) is 1. The Kier molecular flexibility index (Phi) is 6.37. The second-order valence-corrected chi connectivity index (χ2v) is 9.17. The number of carbonyl (C=O) groups is 1. The van der Waals surface area contributed by atoms with Gasteiger partial charge in [-0.3, -0.25) is 9.20 Å². The molecule has 1 aromatic carbocycles. The van der Waals surface area contributed by atoms with Gasteiger partial charge in [0.1, 0.15) is 6.61 Å². The Morgan fingerprint density at radius 3 is 2.69 bits per heavy atom. The van der Waals surface area contributed by atoms with Crippen LogP contribution in [0.25, 0.3) is 4.96 Å². The van der Waals surface area contributed by atoms with Gasteiger partial charge in [0.15, 0.2) is 4.96 Å². The van der Waals surface area contributed by atoms with Crippen LogP contribution in [-0.4, -0.2) is 41.2 Å².